The van der Waals surface area contributed by atoms with Crippen LogP contribution in [0.25, 0.3) is 11.4 Å². The smallest absolute Gasteiger partial charge is 0.124 e. The molecule has 158 valence electrons. The molecule has 5 rings (SSSR count). The first-order chi connectivity index (χ1) is 15.7. The molecule has 6 heteroatoms. The summed E-state index contributed by atoms with van der Waals surface area (Å²) in [6.07, 6.45) is 13.5. The van der Waals surface area contributed by atoms with Crippen molar-refractivity contribution in [2.45, 2.75) is 5.54 Å². The molecule has 1 aromatic carbocycles. The second-order valence-electron chi connectivity index (χ2n) is 6.97. The highest BCUT2D eigenvalue weighted by molar-refractivity contribution is 9.10. The third-order valence-corrected chi connectivity index (χ3v) is 5.89. The van der Waals surface area contributed by atoms with Crippen LogP contribution in [0.15, 0.2) is 125 Å². The van der Waals surface area contributed by atoms with Gasteiger partial charge in [0, 0.05) is 27.5 Å². The van der Waals surface area contributed by atoms with E-state index < -0.39 is 5.54 Å². The zero-order chi connectivity index (χ0) is 22.2. The van der Waals surface area contributed by atoms with Crippen molar-refractivity contribution in [2.75, 3.05) is 0 Å². The Morgan fingerprint density at radius 2 is 1.38 bits per heavy atom. The van der Waals surface area contributed by atoms with Crippen molar-refractivity contribution >= 4 is 31.9 Å². The summed E-state index contributed by atoms with van der Waals surface area (Å²) < 4.78 is 2.05. The summed E-state index contributed by atoms with van der Waals surface area (Å²) in [7, 11) is 0. The predicted octanol–water partition coefficient (Wildman–Crippen LogP) is 6.67. The zero-order valence-electron chi connectivity index (χ0n) is 17.1. The average molecular weight is 548 g/mol. The normalized spacial score (nSPS) is 16.6. The van der Waals surface area contributed by atoms with Crippen molar-refractivity contribution in [2.24, 2.45) is 0 Å². The molecule has 1 N–H and O–H groups in total. The number of hydrogen-bond donors (Lipinski definition) is 1. The second kappa shape index (κ2) is 10.5. The number of pyridine rings is 3. The van der Waals surface area contributed by atoms with Gasteiger partial charge in [0.1, 0.15) is 5.54 Å². The predicted molar refractivity (Wildman–Crippen MR) is 136 cm³/mol. The maximum Gasteiger partial charge on any atom is 0.124 e. The topological polar surface area (TPSA) is 50.7 Å². The third kappa shape index (κ3) is 5.21. The number of nitrogens with one attached hydrogen (secondary N) is 1. The highest BCUT2D eigenvalue weighted by atomic mass is 79.9. The highest BCUT2D eigenvalue weighted by Crippen LogP contribution is 2.32. The van der Waals surface area contributed by atoms with Gasteiger partial charge in [-0.05, 0) is 88.4 Å². The molecule has 1 atom stereocenters. The van der Waals surface area contributed by atoms with Gasteiger partial charge >= 0.3 is 0 Å². The molecule has 32 heavy (non-hydrogen) atoms. The number of dihydropyridines is 1. The molecule has 0 saturated heterocycles. The summed E-state index contributed by atoms with van der Waals surface area (Å²) in [6.45, 7) is 0. The van der Waals surface area contributed by atoms with Crippen LogP contribution in [0.4, 0.5) is 0 Å². The molecule has 4 aromatic rings. The van der Waals surface area contributed by atoms with Crippen molar-refractivity contribution < 1.29 is 0 Å². The number of aromatic nitrogens is 3. The van der Waals surface area contributed by atoms with E-state index in [0.29, 0.717) is 0 Å². The lowest BCUT2D eigenvalue weighted by Gasteiger charge is -2.33. The lowest BCUT2D eigenvalue weighted by molar-refractivity contribution is 0.549. The number of halogens is 2. The van der Waals surface area contributed by atoms with Gasteiger partial charge in [-0.2, -0.15) is 0 Å². The Kier molecular flexibility index (Phi) is 7.24. The quantitative estimate of drug-likeness (QED) is 0.311. The molecule has 3 aromatic heterocycles. The summed E-state index contributed by atoms with van der Waals surface area (Å²) in [5, 5.41) is 3.44. The maximum atomic E-state index is 4.51. The summed E-state index contributed by atoms with van der Waals surface area (Å²) in [5.74, 6) is 0. The Morgan fingerprint density at radius 1 is 0.656 bits per heavy atom. The Morgan fingerprint density at radius 3 is 1.97 bits per heavy atom. The van der Waals surface area contributed by atoms with E-state index in [1.165, 1.54) is 0 Å². The van der Waals surface area contributed by atoms with Gasteiger partial charge in [0.05, 0.1) is 17.1 Å². The molecule has 0 radical (unpaired) electrons. The van der Waals surface area contributed by atoms with E-state index in [1.807, 2.05) is 85.2 Å². The Balaban J connectivity index is 0.000000165. The summed E-state index contributed by atoms with van der Waals surface area (Å²) in [6, 6.07) is 24.0. The van der Waals surface area contributed by atoms with Crippen LogP contribution in [0, 0.1) is 0 Å². The minimum Gasteiger partial charge on any atom is -0.373 e. The molecule has 0 bridgehead atoms. The van der Waals surface area contributed by atoms with Crippen molar-refractivity contribution in [3.05, 3.63) is 136 Å². The summed E-state index contributed by atoms with van der Waals surface area (Å²) in [5.41, 5.74) is 3.54. The van der Waals surface area contributed by atoms with Crippen LogP contribution in [0.2, 0.25) is 0 Å². The fraction of sp³-hybridized carbons (Fsp3) is 0.0385. The number of benzene rings is 1. The minimum absolute atomic E-state index is 0.392. The summed E-state index contributed by atoms with van der Waals surface area (Å²) >= 11 is 6.81. The van der Waals surface area contributed by atoms with Gasteiger partial charge in [0.15, 0.2) is 0 Å². The Labute approximate surface area is 204 Å². The monoisotopic (exact) mass is 546 g/mol. The van der Waals surface area contributed by atoms with E-state index >= 15 is 0 Å². The molecule has 0 saturated carbocycles. The molecule has 4 heterocycles. The van der Waals surface area contributed by atoms with E-state index in [9.17, 15) is 0 Å². The van der Waals surface area contributed by atoms with E-state index in [4.69, 9.17) is 0 Å². The molecular weight excluding hydrogens is 528 g/mol. The van der Waals surface area contributed by atoms with Crippen molar-refractivity contribution in [3.63, 3.8) is 0 Å². The second-order valence-corrected chi connectivity index (χ2v) is 8.80. The number of rotatable bonds is 3. The van der Waals surface area contributed by atoms with Gasteiger partial charge in [-0.3, -0.25) is 15.0 Å². The van der Waals surface area contributed by atoms with Crippen LogP contribution in [0.5, 0.6) is 0 Å². The van der Waals surface area contributed by atoms with Crippen LogP contribution in [-0.2, 0) is 5.54 Å². The fourth-order valence-electron chi connectivity index (χ4n) is 3.32. The van der Waals surface area contributed by atoms with Crippen LogP contribution >= 0.6 is 31.9 Å². The van der Waals surface area contributed by atoms with Crippen LogP contribution in [0.3, 0.4) is 0 Å². The van der Waals surface area contributed by atoms with Gasteiger partial charge in [0.25, 0.3) is 0 Å². The number of nitrogens with zero attached hydrogens (tertiary/aromatic N) is 3. The number of hydrogen-bond acceptors (Lipinski definition) is 4. The van der Waals surface area contributed by atoms with Crippen LogP contribution in [-0.4, -0.2) is 15.0 Å². The number of allylic oxidation sites excluding steroid dienone is 2. The first kappa shape index (κ1) is 22.1. The van der Waals surface area contributed by atoms with E-state index in [1.54, 1.807) is 12.4 Å². The molecule has 0 fully saturated rings. The average Bonchev–Trinajstić information content (AvgIpc) is 2.87. The molecule has 1 aliphatic heterocycles. The van der Waals surface area contributed by atoms with Gasteiger partial charge < -0.3 is 5.32 Å². The molecular formula is C26H20Br2N4. The van der Waals surface area contributed by atoms with Crippen molar-refractivity contribution in [3.8, 4) is 11.4 Å². The van der Waals surface area contributed by atoms with E-state index in [2.05, 4.69) is 70.3 Å². The fourth-order valence-corrected chi connectivity index (χ4v) is 3.82. The Hall–Kier alpha value is -3.09. The van der Waals surface area contributed by atoms with Gasteiger partial charge in [-0.15, -0.1) is 0 Å². The molecule has 4 nitrogen and oxygen atoms in total. The minimum atomic E-state index is -0.392. The largest absolute Gasteiger partial charge is 0.373 e. The molecule has 0 spiro atoms. The standard InChI is InChI=1S/C16H13BrN2.C10H7BrN2/c17-14-8-6-13(7-9-14)16(10-2-4-12-19-16)15-5-1-3-11-18-15;11-8-4-5-10(13-7-8)9-3-1-2-6-12-9/h1-12,19H;1-7H. The first-order valence-electron chi connectivity index (χ1n) is 10.00. The summed E-state index contributed by atoms with van der Waals surface area (Å²) in [4.78, 5) is 13.0. The highest BCUT2D eigenvalue weighted by Gasteiger charge is 2.32. The van der Waals surface area contributed by atoms with Crippen LogP contribution in [0.1, 0.15) is 11.3 Å². The molecule has 0 amide bonds. The van der Waals surface area contributed by atoms with Crippen molar-refractivity contribution in [1.29, 1.82) is 0 Å². The maximum absolute atomic E-state index is 4.51. The molecule has 0 aliphatic carbocycles. The Bertz CT molecular complexity index is 1190. The van der Waals surface area contributed by atoms with Crippen molar-refractivity contribution in [1.82, 2.24) is 20.3 Å². The molecule has 1 aliphatic rings. The van der Waals surface area contributed by atoms with Gasteiger partial charge in [-0.1, -0.05) is 46.3 Å². The SMILES string of the molecule is Brc1ccc(-c2ccccn2)nc1.Brc1ccc(C2(c3ccccn3)C=CC=CN2)cc1. The van der Waals surface area contributed by atoms with Crippen LogP contribution < -0.4 is 5.32 Å². The molecule has 1 unspecified atom stereocenters. The van der Waals surface area contributed by atoms with Gasteiger partial charge in [0.2, 0.25) is 0 Å². The van der Waals surface area contributed by atoms with E-state index in [0.717, 1.165) is 31.6 Å². The lowest BCUT2D eigenvalue weighted by Crippen LogP contribution is -2.40. The lowest BCUT2D eigenvalue weighted by atomic mass is 9.84. The third-order valence-electron chi connectivity index (χ3n) is 4.89. The zero-order valence-corrected chi connectivity index (χ0v) is 20.2. The first-order valence-corrected chi connectivity index (χ1v) is 11.6. The van der Waals surface area contributed by atoms with E-state index in [-0.39, 0.29) is 0 Å². The van der Waals surface area contributed by atoms with Gasteiger partial charge in [-0.25, -0.2) is 0 Å².